The van der Waals surface area contributed by atoms with E-state index in [1.54, 1.807) is 16.2 Å². The molecule has 1 nitrogen and oxygen atoms in total. The summed E-state index contributed by atoms with van der Waals surface area (Å²) in [6, 6.07) is 22.9. The van der Waals surface area contributed by atoms with Crippen molar-refractivity contribution in [2.45, 2.75) is 32.6 Å². The fourth-order valence-corrected chi connectivity index (χ4v) is 6.21. The maximum atomic E-state index is 5.30. The zero-order chi connectivity index (χ0) is 17.9. The summed E-state index contributed by atoms with van der Waals surface area (Å²) in [7, 11) is 1.73. The molecule has 0 N–H and O–H groups in total. The predicted octanol–water partition coefficient (Wildman–Crippen LogP) is 2.02. The third-order valence-electron chi connectivity index (χ3n) is 5.15. The summed E-state index contributed by atoms with van der Waals surface area (Å²) in [5.74, 6) is 0.938. The summed E-state index contributed by atoms with van der Waals surface area (Å²) in [5.41, 5.74) is 7.41. The number of benzene rings is 3. The zero-order valence-corrected chi connectivity index (χ0v) is 17.5. The number of aryl methyl sites for hydroxylation is 5. The Morgan fingerprint density at radius 2 is 1.35 bits per heavy atom. The van der Waals surface area contributed by atoms with Gasteiger partial charge in [-0.25, -0.2) is 0 Å². The molecule has 0 atom stereocenters. The molecule has 4 aliphatic carbocycles. The molecule has 0 fully saturated rings. The molecule has 0 aromatic heterocycles. The van der Waals surface area contributed by atoms with Crippen molar-refractivity contribution in [3.8, 4) is 5.75 Å². The SMILES string of the molecule is COc1ccc([I-]c2cc3c(C)cc2CCc2ccc(cc2)CC3)cc1. The first-order chi connectivity index (χ1) is 12.7. The molecule has 0 amide bonds. The van der Waals surface area contributed by atoms with E-state index in [9.17, 15) is 0 Å². The second kappa shape index (κ2) is 7.83. The average Bonchev–Trinajstić information content (AvgIpc) is 2.67. The molecule has 4 bridgehead atoms. The van der Waals surface area contributed by atoms with Crippen molar-refractivity contribution in [1.82, 2.24) is 0 Å². The van der Waals surface area contributed by atoms with Crippen molar-refractivity contribution >= 4 is 0 Å². The van der Waals surface area contributed by atoms with E-state index in [4.69, 9.17) is 4.74 Å². The van der Waals surface area contributed by atoms with Crippen LogP contribution in [0.2, 0.25) is 0 Å². The Balaban J connectivity index is 1.68. The van der Waals surface area contributed by atoms with E-state index in [-0.39, 0.29) is 21.2 Å². The quantitative estimate of drug-likeness (QED) is 0.550. The van der Waals surface area contributed by atoms with Gasteiger partial charge in [0.05, 0.1) is 0 Å². The molecule has 0 unspecified atom stereocenters. The molecule has 7 rings (SSSR count). The number of ether oxygens (including phenoxy) is 1. The van der Waals surface area contributed by atoms with Crippen molar-refractivity contribution in [1.29, 1.82) is 0 Å². The van der Waals surface area contributed by atoms with Gasteiger partial charge < -0.3 is 0 Å². The molecule has 0 radical (unpaired) electrons. The van der Waals surface area contributed by atoms with Gasteiger partial charge in [0.25, 0.3) is 0 Å². The van der Waals surface area contributed by atoms with Crippen LogP contribution in [0.3, 0.4) is 0 Å². The van der Waals surface area contributed by atoms with Crippen LogP contribution in [0.25, 0.3) is 0 Å². The summed E-state index contributed by atoms with van der Waals surface area (Å²) in [5, 5.41) is 0. The van der Waals surface area contributed by atoms with E-state index in [0.717, 1.165) is 31.4 Å². The first-order valence-electron chi connectivity index (χ1n) is 9.20. The first kappa shape index (κ1) is 17.6. The monoisotopic (exact) mass is 455 g/mol. The first-order valence-corrected chi connectivity index (χ1v) is 11.4. The van der Waals surface area contributed by atoms with Crippen molar-refractivity contribution in [2.24, 2.45) is 0 Å². The van der Waals surface area contributed by atoms with Crippen LogP contribution in [0.15, 0.2) is 60.7 Å². The molecule has 0 saturated heterocycles. The molecule has 0 spiro atoms. The molecule has 134 valence electrons. The fraction of sp³-hybridized carbons (Fsp3) is 0.250. The Bertz CT molecular complexity index is 895. The van der Waals surface area contributed by atoms with Gasteiger partial charge in [-0.05, 0) is 0 Å². The van der Waals surface area contributed by atoms with E-state index in [1.165, 1.54) is 25.8 Å². The van der Waals surface area contributed by atoms with Gasteiger partial charge in [-0.3, -0.25) is 0 Å². The molecule has 0 saturated carbocycles. The third-order valence-corrected chi connectivity index (χ3v) is 8.08. The predicted molar refractivity (Wildman–Crippen MR) is 103 cm³/mol. The van der Waals surface area contributed by atoms with Crippen LogP contribution in [-0.4, -0.2) is 7.11 Å². The summed E-state index contributed by atoms with van der Waals surface area (Å²) in [6.45, 7) is 2.28. The van der Waals surface area contributed by atoms with Crippen molar-refractivity contribution in [3.63, 3.8) is 0 Å². The zero-order valence-electron chi connectivity index (χ0n) is 15.4. The van der Waals surface area contributed by atoms with E-state index < -0.39 is 0 Å². The molecule has 2 heteroatoms. The van der Waals surface area contributed by atoms with Crippen LogP contribution in [0, 0.1) is 14.1 Å². The number of halogens is 1. The standard InChI is InChI=1S/C24H24IO/c1-17-15-21-10-8-19-5-3-18(4-6-19)7-9-20(17)16-24(21)25-22-11-13-23(26-2)14-12-22/h3-6,11-16H,7-10H2,1-2H3/q-1. The maximum absolute atomic E-state index is 5.30. The third kappa shape index (κ3) is 3.96. The Hall–Kier alpha value is -1.81. The van der Waals surface area contributed by atoms with E-state index in [1.807, 2.05) is 0 Å². The minimum atomic E-state index is -0.172. The molecule has 3 aromatic rings. The van der Waals surface area contributed by atoms with Crippen LogP contribution in [0.5, 0.6) is 5.75 Å². The molecular formula is C24H24IO-. The van der Waals surface area contributed by atoms with Gasteiger partial charge in [0.15, 0.2) is 0 Å². The topological polar surface area (TPSA) is 9.23 Å². The van der Waals surface area contributed by atoms with Crippen LogP contribution in [-0.2, 0) is 25.7 Å². The molecule has 3 aromatic carbocycles. The van der Waals surface area contributed by atoms with Crippen molar-refractivity contribution < 1.29 is 25.9 Å². The number of hydrogen-bond donors (Lipinski definition) is 0. The van der Waals surface area contributed by atoms with Gasteiger partial charge >= 0.3 is 167 Å². The van der Waals surface area contributed by atoms with E-state index in [2.05, 4.69) is 67.6 Å². The van der Waals surface area contributed by atoms with Crippen LogP contribution in [0.1, 0.15) is 27.8 Å². The summed E-state index contributed by atoms with van der Waals surface area (Å²) in [4.78, 5) is 0. The van der Waals surface area contributed by atoms with Crippen LogP contribution < -0.4 is 25.9 Å². The normalized spacial score (nSPS) is 13.5. The Morgan fingerprint density at radius 1 is 0.731 bits per heavy atom. The molecule has 26 heavy (non-hydrogen) atoms. The molecule has 0 aliphatic heterocycles. The fourth-order valence-electron chi connectivity index (χ4n) is 3.51. The summed E-state index contributed by atoms with van der Waals surface area (Å²) >= 11 is -0.172. The van der Waals surface area contributed by atoms with Crippen LogP contribution in [0.4, 0.5) is 0 Å². The van der Waals surface area contributed by atoms with E-state index in [0.29, 0.717) is 0 Å². The Morgan fingerprint density at radius 3 is 1.96 bits per heavy atom. The number of hydrogen-bond acceptors (Lipinski definition) is 1. The Labute approximate surface area is 166 Å². The van der Waals surface area contributed by atoms with Crippen molar-refractivity contribution in [3.05, 3.63) is 95.6 Å². The summed E-state index contributed by atoms with van der Waals surface area (Å²) in [6.07, 6.45) is 4.51. The van der Waals surface area contributed by atoms with Gasteiger partial charge in [0.1, 0.15) is 0 Å². The minimum absolute atomic E-state index is 0.172. The Kier molecular flexibility index (Phi) is 5.30. The molecule has 0 heterocycles. The second-order valence-corrected chi connectivity index (χ2v) is 9.89. The molecular weight excluding hydrogens is 431 g/mol. The van der Waals surface area contributed by atoms with Gasteiger partial charge in [-0.2, -0.15) is 0 Å². The van der Waals surface area contributed by atoms with Gasteiger partial charge in [0.2, 0.25) is 0 Å². The van der Waals surface area contributed by atoms with Crippen molar-refractivity contribution in [2.75, 3.05) is 7.11 Å². The van der Waals surface area contributed by atoms with Gasteiger partial charge in [-0.15, -0.1) is 0 Å². The van der Waals surface area contributed by atoms with Gasteiger partial charge in [0, 0.05) is 0 Å². The van der Waals surface area contributed by atoms with Crippen LogP contribution >= 0.6 is 0 Å². The van der Waals surface area contributed by atoms with Gasteiger partial charge in [-0.1, -0.05) is 0 Å². The summed E-state index contributed by atoms with van der Waals surface area (Å²) < 4.78 is 8.35. The van der Waals surface area contributed by atoms with E-state index >= 15 is 0 Å². The average molecular weight is 455 g/mol. The number of rotatable bonds is 3. The molecule has 4 aliphatic rings. The number of methoxy groups -OCH3 is 1. The second-order valence-electron chi connectivity index (χ2n) is 6.94.